The van der Waals surface area contributed by atoms with E-state index in [-0.39, 0.29) is 4.90 Å². The van der Waals surface area contributed by atoms with E-state index in [1.165, 1.54) is 24.3 Å². The van der Waals surface area contributed by atoms with Gasteiger partial charge in [0.25, 0.3) is 0 Å². The molecule has 0 N–H and O–H groups in total. The molecule has 1 aliphatic rings. The first-order chi connectivity index (χ1) is 12.8. The molecule has 0 saturated carbocycles. The number of carbonyl (C=O) groups is 1. The van der Waals surface area contributed by atoms with Gasteiger partial charge in [0.2, 0.25) is 10.0 Å². The van der Waals surface area contributed by atoms with E-state index in [4.69, 9.17) is 4.74 Å². The number of sulfonamides is 1. The minimum absolute atomic E-state index is 0.205. The Morgan fingerprint density at radius 3 is 2.26 bits per heavy atom. The minimum Gasteiger partial charge on any atom is -0.423 e. The van der Waals surface area contributed by atoms with Crippen molar-refractivity contribution >= 4 is 16.0 Å². The van der Waals surface area contributed by atoms with Gasteiger partial charge < -0.3 is 4.74 Å². The number of ether oxygens (including phenoxy) is 1. The molecule has 0 spiro atoms. The van der Waals surface area contributed by atoms with Crippen LogP contribution in [0.5, 0.6) is 5.75 Å². The molecule has 144 valence electrons. The quantitative estimate of drug-likeness (QED) is 0.590. The second-order valence-corrected chi connectivity index (χ2v) is 9.44. The Morgan fingerprint density at radius 1 is 1.04 bits per heavy atom. The third-order valence-electron chi connectivity index (χ3n) is 4.76. The van der Waals surface area contributed by atoms with Gasteiger partial charge in [0.15, 0.2) is 0 Å². The van der Waals surface area contributed by atoms with Gasteiger partial charge in [0.1, 0.15) is 5.75 Å². The summed E-state index contributed by atoms with van der Waals surface area (Å²) in [6.07, 6.45) is 1.04. The third-order valence-corrected chi connectivity index (χ3v) is 6.61. The standard InChI is InChI=1S/C21H25NO4S/c1-15-5-4-6-19(12-15)26-21(23)18-7-9-20(10-8-18)27(24,25)22-13-16(2)11-17(3)14-22/h4-10,12,16-17H,11,13-14H2,1-3H3/t16-,17-/m1/s1. The maximum absolute atomic E-state index is 12.9. The van der Waals surface area contributed by atoms with E-state index in [1.54, 1.807) is 16.4 Å². The van der Waals surface area contributed by atoms with Crippen molar-refractivity contribution in [2.45, 2.75) is 32.1 Å². The Balaban J connectivity index is 1.75. The second kappa shape index (κ2) is 7.82. The summed E-state index contributed by atoms with van der Waals surface area (Å²) in [6.45, 7) is 7.12. The number of carbonyl (C=O) groups excluding carboxylic acids is 1. The number of piperidine rings is 1. The van der Waals surface area contributed by atoms with E-state index in [0.717, 1.165) is 12.0 Å². The smallest absolute Gasteiger partial charge is 0.343 e. The van der Waals surface area contributed by atoms with E-state index >= 15 is 0 Å². The molecule has 2 aromatic carbocycles. The van der Waals surface area contributed by atoms with Crippen molar-refractivity contribution in [3.63, 3.8) is 0 Å². The lowest BCUT2D eigenvalue weighted by Crippen LogP contribution is -2.42. The van der Waals surface area contributed by atoms with Gasteiger partial charge in [0, 0.05) is 13.1 Å². The number of aryl methyl sites for hydroxylation is 1. The second-order valence-electron chi connectivity index (χ2n) is 7.50. The van der Waals surface area contributed by atoms with Crippen molar-refractivity contribution in [3.05, 3.63) is 59.7 Å². The van der Waals surface area contributed by atoms with E-state index in [2.05, 4.69) is 13.8 Å². The van der Waals surface area contributed by atoms with Gasteiger partial charge in [-0.05, 0) is 67.1 Å². The fourth-order valence-electron chi connectivity index (χ4n) is 3.56. The van der Waals surface area contributed by atoms with Crippen LogP contribution in [-0.2, 0) is 10.0 Å². The third kappa shape index (κ3) is 4.57. The van der Waals surface area contributed by atoms with Crippen LogP contribution >= 0.6 is 0 Å². The summed E-state index contributed by atoms with van der Waals surface area (Å²) in [5.41, 5.74) is 1.31. The molecular weight excluding hydrogens is 362 g/mol. The van der Waals surface area contributed by atoms with Gasteiger partial charge in [0.05, 0.1) is 10.5 Å². The number of benzene rings is 2. The Kier molecular flexibility index (Phi) is 5.67. The summed E-state index contributed by atoms with van der Waals surface area (Å²) in [5, 5.41) is 0. The van der Waals surface area contributed by atoms with Crippen molar-refractivity contribution < 1.29 is 17.9 Å². The SMILES string of the molecule is Cc1cccc(OC(=O)c2ccc(S(=O)(=O)N3C[C@H](C)C[C@@H](C)C3)cc2)c1. The van der Waals surface area contributed by atoms with Crippen LogP contribution in [0.3, 0.4) is 0 Å². The summed E-state index contributed by atoms with van der Waals surface area (Å²) in [7, 11) is -3.55. The average Bonchev–Trinajstić information content (AvgIpc) is 2.61. The lowest BCUT2D eigenvalue weighted by molar-refractivity contribution is 0.0734. The van der Waals surface area contributed by atoms with Crippen LogP contribution in [0, 0.1) is 18.8 Å². The molecular formula is C21H25NO4S. The zero-order valence-electron chi connectivity index (χ0n) is 15.9. The highest BCUT2D eigenvalue weighted by Crippen LogP contribution is 2.27. The summed E-state index contributed by atoms with van der Waals surface area (Å²) >= 11 is 0. The number of hydrogen-bond donors (Lipinski definition) is 0. The molecule has 2 aromatic rings. The van der Waals surface area contributed by atoms with Crippen LogP contribution in [-0.4, -0.2) is 31.8 Å². The summed E-state index contributed by atoms with van der Waals surface area (Å²) in [5.74, 6) is 0.636. The molecule has 1 heterocycles. The zero-order valence-corrected chi connectivity index (χ0v) is 16.7. The van der Waals surface area contributed by atoms with Crippen molar-refractivity contribution in [1.82, 2.24) is 4.31 Å². The Labute approximate surface area is 161 Å². The summed E-state index contributed by atoms with van der Waals surface area (Å²) in [4.78, 5) is 12.5. The predicted molar refractivity (Wildman–Crippen MR) is 104 cm³/mol. The van der Waals surface area contributed by atoms with Crippen LogP contribution in [0.2, 0.25) is 0 Å². The Hall–Kier alpha value is -2.18. The first-order valence-electron chi connectivity index (χ1n) is 9.15. The Bertz CT molecular complexity index is 911. The molecule has 0 aliphatic carbocycles. The average molecular weight is 388 g/mol. The molecule has 0 radical (unpaired) electrons. The van der Waals surface area contributed by atoms with Gasteiger partial charge in [-0.25, -0.2) is 13.2 Å². The number of nitrogens with zero attached hydrogens (tertiary/aromatic N) is 1. The van der Waals surface area contributed by atoms with Crippen LogP contribution in [0.1, 0.15) is 36.2 Å². The lowest BCUT2D eigenvalue weighted by atomic mass is 9.94. The predicted octanol–water partition coefficient (Wildman–Crippen LogP) is 3.88. The zero-order chi connectivity index (χ0) is 19.6. The van der Waals surface area contributed by atoms with Gasteiger partial charge in [-0.1, -0.05) is 26.0 Å². The molecule has 5 nitrogen and oxygen atoms in total. The van der Waals surface area contributed by atoms with E-state index < -0.39 is 16.0 Å². The molecule has 1 aliphatic heterocycles. The fourth-order valence-corrected chi connectivity index (χ4v) is 5.24. The van der Waals surface area contributed by atoms with Crippen LogP contribution in [0.4, 0.5) is 0 Å². The number of rotatable bonds is 4. The molecule has 0 bridgehead atoms. The normalized spacial score (nSPS) is 21.0. The minimum atomic E-state index is -3.55. The van der Waals surface area contributed by atoms with E-state index in [1.807, 2.05) is 19.1 Å². The highest BCUT2D eigenvalue weighted by Gasteiger charge is 2.31. The van der Waals surface area contributed by atoms with Gasteiger partial charge >= 0.3 is 5.97 Å². The molecule has 2 atom stereocenters. The van der Waals surface area contributed by atoms with Crippen LogP contribution in [0.25, 0.3) is 0 Å². The first kappa shape index (κ1) is 19.6. The molecule has 1 saturated heterocycles. The molecule has 0 unspecified atom stereocenters. The number of hydrogen-bond acceptors (Lipinski definition) is 4. The molecule has 27 heavy (non-hydrogen) atoms. The van der Waals surface area contributed by atoms with Crippen molar-refractivity contribution in [2.75, 3.05) is 13.1 Å². The van der Waals surface area contributed by atoms with E-state index in [0.29, 0.717) is 36.2 Å². The van der Waals surface area contributed by atoms with Crippen LogP contribution in [0.15, 0.2) is 53.4 Å². The molecule has 1 fully saturated rings. The molecule has 0 amide bonds. The van der Waals surface area contributed by atoms with Gasteiger partial charge in [-0.3, -0.25) is 0 Å². The largest absolute Gasteiger partial charge is 0.423 e. The van der Waals surface area contributed by atoms with Crippen LogP contribution < -0.4 is 4.74 Å². The van der Waals surface area contributed by atoms with Crippen molar-refractivity contribution in [3.8, 4) is 5.75 Å². The van der Waals surface area contributed by atoms with Crippen molar-refractivity contribution in [1.29, 1.82) is 0 Å². The fraction of sp³-hybridized carbons (Fsp3) is 0.381. The summed E-state index contributed by atoms with van der Waals surface area (Å²) < 4.78 is 32.7. The summed E-state index contributed by atoms with van der Waals surface area (Å²) in [6, 6.07) is 13.2. The van der Waals surface area contributed by atoms with E-state index in [9.17, 15) is 13.2 Å². The van der Waals surface area contributed by atoms with Crippen molar-refractivity contribution in [2.24, 2.45) is 11.8 Å². The maximum Gasteiger partial charge on any atom is 0.343 e. The first-order valence-corrected chi connectivity index (χ1v) is 10.6. The lowest BCUT2D eigenvalue weighted by Gasteiger charge is -2.34. The molecule has 3 rings (SSSR count). The highest BCUT2D eigenvalue weighted by atomic mass is 32.2. The van der Waals surface area contributed by atoms with Gasteiger partial charge in [-0.2, -0.15) is 4.31 Å². The Morgan fingerprint density at radius 2 is 1.67 bits per heavy atom. The molecule has 6 heteroatoms. The van der Waals surface area contributed by atoms with Gasteiger partial charge in [-0.15, -0.1) is 0 Å². The topological polar surface area (TPSA) is 63.7 Å². The monoisotopic (exact) mass is 387 g/mol. The highest BCUT2D eigenvalue weighted by molar-refractivity contribution is 7.89. The molecule has 0 aromatic heterocycles. The number of esters is 1. The maximum atomic E-state index is 12.9.